The van der Waals surface area contributed by atoms with Gasteiger partial charge in [-0.15, -0.1) is 0 Å². The summed E-state index contributed by atoms with van der Waals surface area (Å²) in [5.41, 5.74) is 2.33. The van der Waals surface area contributed by atoms with Gasteiger partial charge in [-0.05, 0) is 61.4 Å². The van der Waals surface area contributed by atoms with Gasteiger partial charge in [-0.1, -0.05) is 30.3 Å². The number of fused-ring (bicyclic) bond motifs is 1. The smallest absolute Gasteiger partial charge is 0.434 e. The van der Waals surface area contributed by atoms with Crippen molar-refractivity contribution in [3.8, 4) is 5.75 Å². The summed E-state index contributed by atoms with van der Waals surface area (Å²) in [6.45, 7) is 2.18. The highest BCUT2D eigenvalue weighted by Gasteiger charge is 2.34. The summed E-state index contributed by atoms with van der Waals surface area (Å²) in [4.78, 5) is 62.7. The van der Waals surface area contributed by atoms with Crippen molar-refractivity contribution in [1.82, 2.24) is 10.2 Å². The summed E-state index contributed by atoms with van der Waals surface area (Å²) in [6.07, 6.45) is -0.373. The largest absolute Gasteiger partial charge is 0.513 e. The van der Waals surface area contributed by atoms with E-state index in [0.29, 0.717) is 34.4 Å². The Morgan fingerprint density at radius 3 is 2.15 bits per heavy atom. The average Bonchev–Trinajstić information content (AvgIpc) is 3.18. The number of carbonyl (C=O) groups excluding carboxylic acids is 5. The van der Waals surface area contributed by atoms with Crippen molar-refractivity contribution in [2.45, 2.75) is 26.3 Å². The van der Waals surface area contributed by atoms with E-state index < -0.39 is 6.16 Å². The molecule has 1 aliphatic heterocycles. The number of nitrogens with one attached hydrogen (secondary N) is 2. The summed E-state index contributed by atoms with van der Waals surface area (Å²) < 4.78 is 9.72. The second-order valence-corrected chi connectivity index (χ2v) is 8.61. The first kappa shape index (κ1) is 27.1. The molecule has 0 spiro atoms. The topological polar surface area (TPSA) is 131 Å². The van der Waals surface area contributed by atoms with Crippen LogP contribution in [0.2, 0.25) is 0 Å². The van der Waals surface area contributed by atoms with Crippen molar-refractivity contribution in [1.29, 1.82) is 0 Å². The lowest BCUT2D eigenvalue weighted by Gasteiger charge is -2.14. The normalized spacial score (nSPS) is 12.1. The maximum atomic E-state index is 12.8. The van der Waals surface area contributed by atoms with Gasteiger partial charge in [0.25, 0.3) is 17.7 Å². The molecule has 3 aromatic carbocycles. The standard InChI is InChI=1S/C29H27N3O7/c1-2-38-29(37)39-21-15-13-19(14-16-21)26(34)31-24-11-6-3-8-20(24)18-30-25(33)12-7-17-32-27(35)22-9-4-5-10-23(22)28(32)36/h3-6,8-11,13-16H,2,7,12,17-18H2,1H3,(H,30,33)(H,31,34). The highest BCUT2D eigenvalue weighted by molar-refractivity contribution is 6.21. The fourth-order valence-electron chi connectivity index (χ4n) is 4.03. The van der Waals surface area contributed by atoms with E-state index in [2.05, 4.69) is 10.6 Å². The summed E-state index contributed by atoms with van der Waals surface area (Å²) in [5.74, 6) is -1.07. The molecule has 0 saturated carbocycles. The first-order chi connectivity index (χ1) is 18.9. The zero-order chi connectivity index (χ0) is 27.8. The summed E-state index contributed by atoms with van der Waals surface area (Å²) in [6, 6.07) is 19.7. The molecule has 3 aromatic rings. The van der Waals surface area contributed by atoms with Gasteiger partial charge in [0.1, 0.15) is 5.75 Å². The van der Waals surface area contributed by atoms with E-state index in [1.807, 2.05) is 0 Å². The molecule has 0 saturated heterocycles. The van der Waals surface area contributed by atoms with Crippen molar-refractivity contribution < 1.29 is 33.4 Å². The van der Waals surface area contributed by atoms with Gasteiger partial charge < -0.3 is 20.1 Å². The lowest BCUT2D eigenvalue weighted by molar-refractivity contribution is -0.121. The second kappa shape index (κ2) is 12.5. The molecule has 0 radical (unpaired) electrons. The zero-order valence-electron chi connectivity index (χ0n) is 21.3. The van der Waals surface area contributed by atoms with Gasteiger partial charge in [-0.3, -0.25) is 24.1 Å². The Kier molecular flexibility index (Phi) is 8.67. The third-order valence-corrected chi connectivity index (χ3v) is 5.99. The summed E-state index contributed by atoms with van der Waals surface area (Å²) in [5, 5.41) is 5.64. The first-order valence-electron chi connectivity index (χ1n) is 12.4. The second-order valence-electron chi connectivity index (χ2n) is 8.61. The van der Waals surface area contributed by atoms with Gasteiger partial charge in [0.15, 0.2) is 0 Å². The summed E-state index contributed by atoms with van der Waals surface area (Å²) in [7, 11) is 0. The van der Waals surface area contributed by atoms with Crippen LogP contribution in [0, 0.1) is 0 Å². The highest BCUT2D eigenvalue weighted by Crippen LogP contribution is 2.23. The van der Waals surface area contributed by atoms with Gasteiger partial charge >= 0.3 is 6.16 Å². The molecule has 0 aromatic heterocycles. The number of hydrogen-bond acceptors (Lipinski definition) is 7. The monoisotopic (exact) mass is 529 g/mol. The molecule has 200 valence electrons. The Morgan fingerprint density at radius 1 is 0.846 bits per heavy atom. The van der Waals surface area contributed by atoms with Gasteiger partial charge in [0.05, 0.1) is 17.7 Å². The number of benzene rings is 3. The average molecular weight is 530 g/mol. The van der Waals surface area contributed by atoms with Crippen molar-refractivity contribution in [2.75, 3.05) is 18.5 Å². The number of ether oxygens (including phenoxy) is 2. The van der Waals surface area contributed by atoms with Crippen molar-refractivity contribution in [3.63, 3.8) is 0 Å². The molecule has 0 unspecified atom stereocenters. The van der Waals surface area contributed by atoms with Gasteiger partial charge in [0.2, 0.25) is 5.91 Å². The Hall–Kier alpha value is -4.99. The van der Waals surface area contributed by atoms with Crippen LogP contribution in [0.25, 0.3) is 0 Å². The van der Waals surface area contributed by atoms with E-state index in [4.69, 9.17) is 9.47 Å². The first-order valence-corrected chi connectivity index (χ1v) is 12.4. The highest BCUT2D eigenvalue weighted by atomic mass is 16.7. The van der Waals surface area contributed by atoms with Crippen LogP contribution < -0.4 is 15.4 Å². The van der Waals surface area contributed by atoms with E-state index in [0.717, 1.165) is 4.90 Å². The van der Waals surface area contributed by atoms with E-state index in [9.17, 15) is 24.0 Å². The number of nitrogens with zero attached hydrogens (tertiary/aromatic N) is 1. The number of imide groups is 1. The molecular formula is C29H27N3O7. The number of hydrogen-bond donors (Lipinski definition) is 2. The molecule has 1 heterocycles. The number of rotatable bonds is 10. The van der Waals surface area contributed by atoms with Crippen LogP contribution in [0.5, 0.6) is 5.75 Å². The number of amides is 4. The van der Waals surface area contributed by atoms with E-state index in [-0.39, 0.29) is 55.5 Å². The molecule has 0 bridgehead atoms. The number of para-hydroxylation sites is 1. The van der Waals surface area contributed by atoms with E-state index in [1.54, 1.807) is 55.5 Å². The van der Waals surface area contributed by atoms with Crippen LogP contribution in [0.4, 0.5) is 10.5 Å². The molecule has 10 heteroatoms. The summed E-state index contributed by atoms with van der Waals surface area (Å²) >= 11 is 0. The third kappa shape index (κ3) is 6.67. The minimum atomic E-state index is -0.825. The maximum absolute atomic E-state index is 12.8. The predicted molar refractivity (Wildman–Crippen MR) is 141 cm³/mol. The van der Waals surface area contributed by atoms with E-state index in [1.165, 1.54) is 24.3 Å². The van der Waals surface area contributed by atoms with Crippen LogP contribution in [-0.4, -0.2) is 47.8 Å². The van der Waals surface area contributed by atoms with Crippen molar-refractivity contribution in [3.05, 3.63) is 95.1 Å². The molecular weight excluding hydrogens is 502 g/mol. The lowest BCUT2D eigenvalue weighted by Crippen LogP contribution is -2.32. The Labute approximate surface area is 224 Å². The Balaban J connectivity index is 1.26. The van der Waals surface area contributed by atoms with Crippen LogP contribution in [-0.2, 0) is 16.1 Å². The van der Waals surface area contributed by atoms with Gasteiger partial charge in [-0.2, -0.15) is 0 Å². The van der Waals surface area contributed by atoms with Gasteiger partial charge in [-0.25, -0.2) is 4.79 Å². The Bertz CT molecular complexity index is 1370. The van der Waals surface area contributed by atoms with E-state index >= 15 is 0 Å². The van der Waals surface area contributed by atoms with Crippen LogP contribution in [0.3, 0.4) is 0 Å². The van der Waals surface area contributed by atoms with Crippen LogP contribution in [0.15, 0.2) is 72.8 Å². The van der Waals surface area contributed by atoms with Crippen LogP contribution >= 0.6 is 0 Å². The minimum Gasteiger partial charge on any atom is -0.434 e. The minimum absolute atomic E-state index is 0.127. The van der Waals surface area contributed by atoms with Crippen molar-refractivity contribution in [2.24, 2.45) is 0 Å². The fraction of sp³-hybridized carbons (Fsp3) is 0.207. The molecule has 39 heavy (non-hydrogen) atoms. The fourth-order valence-corrected chi connectivity index (χ4v) is 4.03. The molecule has 0 aliphatic carbocycles. The SMILES string of the molecule is CCOC(=O)Oc1ccc(C(=O)Nc2ccccc2CNC(=O)CCCN2C(=O)c3ccccc3C2=O)cc1. The molecule has 0 fully saturated rings. The zero-order valence-corrected chi connectivity index (χ0v) is 21.3. The van der Waals surface area contributed by atoms with Crippen molar-refractivity contribution >= 4 is 35.5 Å². The molecule has 4 amide bonds. The van der Waals surface area contributed by atoms with Gasteiger partial charge in [0, 0.05) is 30.8 Å². The number of carbonyl (C=O) groups is 5. The molecule has 4 rings (SSSR count). The van der Waals surface area contributed by atoms with Crippen LogP contribution in [0.1, 0.15) is 56.4 Å². The molecule has 0 atom stereocenters. The third-order valence-electron chi connectivity index (χ3n) is 5.99. The Morgan fingerprint density at radius 2 is 1.49 bits per heavy atom. The predicted octanol–water partition coefficient (Wildman–Crippen LogP) is 4.17. The number of anilines is 1. The quantitative estimate of drug-likeness (QED) is 0.229. The maximum Gasteiger partial charge on any atom is 0.513 e. The molecule has 2 N–H and O–H groups in total. The lowest BCUT2D eigenvalue weighted by atomic mass is 10.1. The molecule has 10 nitrogen and oxygen atoms in total. The molecule has 1 aliphatic rings.